The second-order valence-corrected chi connectivity index (χ2v) is 6.32. The Kier molecular flexibility index (Phi) is 2.75. The molecule has 5 nitrogen and oxygen atoms in total. The molecule has 2 heterocycles. The summed E-state index contributed by atoms with van der Waals surface area (Å²) in [6.45, 7) is 2.43. The van der Waals surface area contributed by atoms with Crippen molar-refractivity contribution in [2.75, 3.05) is 28.7 Å². The lowest BCUT2D eigenvalue weighted by Crippen LogP contribution is -2.47. The van der Waals surface area contributed by atoms with Crippen LogP contribution in [0.5, 0.6) is 0 Å². The Balaban J connectivity index is 2.24. The summed E-state index contributed by atoms with van der Waals surface area (Å²) in [5, 5.41) is 0. The van der Waals surface area contributed by atoms with Gasteiger partial charge in [-0.1, -0.05) is 0 Å². The van der Waals surface area contributed by atoms with Crippen LogP contribution >= 0.6 is 0 Å². The number of rotatable bonds is 1. The number of nitrogens with two attached hydrogens (primary N) is 1. The predicted octanol–water partition coefficient (Wildman–Crippen LogP) is 0.287. The van der Waals surface area contributed by atoms with Gasteiger partial charge in [0.25, 0.3) is 0 Å². The van der Waals surface area contributed by atoms with Gasteiger partial charge in [0, 0.05) is 30.5 Å². The highest BCUT2D eigenvalue weighted by atomic mass is 32.2. The van der Waals surface area contributed by atoms with Crippen molar-refractivity contribution in [3.8, 4) is 0 Å². The fourth-order valence-corrected chi connectivity index (χ4v) is 3.55. The number of pyridine rings is 1. The van der Waals surface area contributed by atoms with Crippen molar-refractivity contribution in [2.24, 2.45) is 0 Å². The molecule has 2 rings (SSSR count). The van der Waals surface area contributed by atoms with E-state index < -0.39 is 9.84 Å². The number of nitrogen functional groups attached to an aromatic ring is 1. The van der Waals surface area contributed by atoms with Crippen molar-refractivity contribution in [1.29, 1.82) is 0 Å². The fraction of sp³-hybridized carbons (Fsp3) is 0.500. The average molecular weight is 241 g/mol. The van der Waals surface area contributed by atoms with E-state index in [-0.39, 0.29) is 17.5 Å². The molecule has 2 N–H and O–H groups in total. The Hall–Kier alpha value is -1.30. The van der Waals surface area contributed by atoms with Gasteiger partial charge in [0.15, 0.2) is 9.84 Å². The molecule has 0 aromatic carbocycles. The minimum absolute atomic E-state index is 0.0134. The van der Waals surface area contributed by atoms with E-state index >= 15 is 0 Å². The maximum atomic E-state index is 11.4. The van der Waals surface area contributed by atoms with Crippen molar-refractivity contribution in [1.82, 2.24) is 4.98 Å². The van der Waals surface area contributed by atoms with E-state index in [1.165, 1.54) is 0 Å². The zero-order valence-corrected chi connectivity index (χ0v) is 9.94. The molecule has 1 unspecified atom stereocenters. The van der Waals surface area contributed by atoms with Gasteiger partial charge in [-0.05, 0) is 13.0 Å². The number of sulfone groups is 1. The number of hydrogen-bond donors (Lipinski definition) is 1. The molecule has 1 aromatic heterocycles. The first-order valence-corrected chi connectivity index (χ1v) is 6.99. The van der Waals surface area contributed by atoms with Crippen LogP contribution in [0.4, 0.5) is 11.5 Å². The number of anilines is 2. The Morgan fingerprint density at radius 1 is 1.56 bits per heavy atom. The van der Waals surface area contributed by atoms with Crippen LogP contribution in [0.2, 0.25) is 0 Å². The van der Waals surface area contributed by atoms with E-state index in [1.54, 1.807) is 12.3 Å². The molecule has 6 heteroatoms. The van der Waals surface area contributed by atoms with Gasteiger partial charge in [0.1, 0.15) is 5.82 Å². The second kappa shape index (κ2) is 3.93. The topological polar surface area (TPSA) is 76.3 Å². The zero-order chi connectivity index (χ0) is 11.8. The van der Waals surface area contributed by atoms with Gasteiger partial charge in [0.05, 0.1) is 11.5 Å². The van der Waals surface area contributed by atoms with Gasteiger partial charge in [-0.3, -0.25) is 0 Å². The number of hydrogen-bond acceptors (Lipinski definition) is 5. The Morgan fingerprint density at radius 2 is 2.31 bits per heavy atom. The van der Waals surface area contributed by atoms with E-state index in [1.807, 2.05) is 13.0 Å². The monoisotopic (exact) mass is 241 g/mol. The lowest BCUT2D eigenvalue weighted by Gasteiger charge is -2.35. The number of aromatic nitrogens is 1. The van der Waals surface area contributed by atoms with E-state index in [4.69, 9.17) is 5.73 Å². The van der Waals surface area contributed by atoms with Gasteiger partial charge in [-0.15, -0.1) is 0 Å². The highest BCUT2D eigenvalue weighted by Gasteiger charge is 2.28. The van der Waals surface area contributed by atoms with Crippen LogP contribution in [0.1, 0.15) is 6.92 Å². The molecule has 16 heavy (non-hydrogen) atoms. The molecule has 1 atom stereocenters. The van der Waals surface area contributed by atoms with Crippen LogP contribution in [0, 0.1) is 0 Å². The van der Waals surface area contributed by atoms with Gasteiger partial charge in [0.2, 0.25) is 0 Å². The Morgan fingerprint density at radius 3 is 2.94 bits per heavy atom. The summed E-state index contributed by atoms with van der Waals surface area (Å²) in [6, 6.07) is 3.61. The summed E-state index contributed by atoms with van der Waals surface area (Å²) in [7, 11) is -2.87. The van der Waals surface area contributed by atoms with Crippen molar-refractivity contribution < 1.29 is 8.42 Å². The minimum atomic E-state index is -2.87. The third-order valence-electron chi connectivity index (χ3n) is 2.77. The van der Waals surface area contributed by atoms with Gasteiger partial charge in [-0.25, -0.2) is 13.4 Å². The van der Waals surface area contributed by atoms with Crippen LogP contribution in [0.15, 0.2) is 18.3 Å². The molecule has 1 aliphatic rings. The van der Waals surface area contributed by atoms with Crippen LogP contribution in [0.3, 0.4) is 0 Å². The summed E-state index contributed by atoms with van der Waals surface area (Å²) in [5.74, 6) is 0.868. The summed E-state index contributed by atoms with van der Waals surface area (Å²) in [6.07, 6.45) is 1.64. The predicted molar refractivity (Wildman–Crippen MR) is 64.1 cm³/mol. The molecule has 1 aliphatic heterocycles. The minimum Gasteiger partial charge on any atom is -0.384 e. The molecule has 1 fully saturated rings. The molecule has 88 valence electrons. The van der Waals surface area contributed by atoms with Crippen molar-refractivity contribution in [2.45, 2.75) is 13.0 Å². The van der Waals surface area contributed by atoms with Crippen molar-refractivity contribution in [3.05, 3.63) is 18.3 Å². The molecule has 0 aliphatic carbocycles. The maximum Gasteiger partial charge on any atom is 0.154 e. The van der Waals surface area contributed by atoms with E-state index in [9.17, 15) is 8.42 Å². The molecule has 0 radical (unpaired) electrons. The molecule has 0 spiro atoms. The normalized spacial score (nSPS) is 24.3. The molecular formula is C10H15N3O2S. The lowest BCUT2D eigenvalue weighted by molar-refractivity contribution is 0.568. The average Bonchev–Trinajstić information content (AvgIpc) is 2.15. The molecule has 0 saturated carbocycles. The van der Waals surface area contributed by atoms with E-state index in [0.29, 0.717) is 12.4 Å². The highest BCUT2D eigenvalue weighted by Crippen LogP contribution is 2.22. The first-order chi connectivity index (χ1) is 7.48. The highest BCUT2D eigenvalue weighted by molar-refractivity contribution is 7.91. The Bertz CT molecular complexity index is 487. The number of nitrogens with zero attached hydrogens (tertiary/aromatic N) is 2. The molecule has 0 amide bonds. The largest absolute Gasteiger partial charge is 0.384 e. The standard InChI is InChI=1S/C10H15N3O2S/c1-8-7-16(14,15)5-4-13(8)9-2-3-12-10(11)6-9/h2-3,6,8H,4-5,7H2,1H3,(H2,11,12). The van der Waals surface area contributed by atoms with Gasteiger partial charge < -0.3 is 10.6 Å². The molecule has 1 saturated heterocycles. The van der Waals surface area contributed by atoms with Crippen LogP contribution in [0.25, 0.3) is 0 Å². The molecular weight excluding hydrogens is 226 g/mol. The van der Waals surface area contributed by atoms with Crippen LogP contribution in [-0.2, 0) is 9.84 Å². The van der Waals surface area contributed by atoms with E-state index in [0.717, 1.165) is 5.69 Å². The maximum absolute atomic E-state index is 11.4. The first kappa shape index (κ1) is 11.2. The third kappa shape index (κ3) is 2.27. The molecule has 0 bridgehead atoms. The van der Waals surface area contributed by atoms with Crippen molar-refractivity contribution >= 4 is 21.3 Å². The SMILES string of the molecule is CC1CS(=O)(=O)CCN1c1ccnc(N)c1. The summed E-state index contributed by atoms with van der Waals surface area (Å²) in [5.41, 5.74) is 6.55. The molecule has 1 aromatic rings. The first-order valence-electron chi connectivity index (χ1n) is 5.16. The summed E-state index contributed by atoms with van der Waals surface area (Å²) in [4.78, 5) is 5.98. The van der Waals surface area contributed by atoms with Crippen LogP contribution < -0.4 is 10.6 Å². The van der Waals surface area contributed by atoms with Gasteiger partial charge in [-0.2, -0.15) is 0 Å². The quantitative estimate of drug-likeness (QED) is 0.764. The Labute approximate surface area is 95.2 Å². The van der Waals surface area contributed by atoms with Gasteiger partial charge >= 0.3 is 0 Å². The van der Waals surface area contributed by atoms with E-state index in [2.05, 4.69) is 9.88 Å². The smallest absolute Gasteiger partial charge is 0.154 e. The summed E-state index contributed by atoms with van der Waals surface area (Å²) < 4.78 is 22.9. The van der Waals surface area contributed by atoms with Crippen molar-refractivity contribution in [3.63, 3.8) is 0 Å². The van der Waals surface area contributed by atoms with Crippen LogP contribution in [-0.4, -0.2) is 37.5 Å². The second-order valence-electron chi connectivity index (χ2n) is 4.10. The zero-order valence-electron chi connectivity index (χ0n) is 9.13. The fourth-order valence-electron chi connectivity index (χ4n) is 2.00. The third-order valence-corrected chi connectivity index (χ3v) is 4.56. The summed E-state index contributed by atoms with van der Waals surface area (Å²) >= 11 is 0. The lowest BCUT2D eigenvalue weighted by atomic mass is 10.2.